The van der Waals surface area contributed by atoms with Crippen LogP contribution >= 0.6 is 11.3 Å². The summed E-state index contributed by atoms with van der Waals surface area (Å²) < 4.78 is 0. The normalized spacial score (nSPS) is 29.8. The van der Waals surface area contributed by atoms with Crippen LogP contribution in [0.4, 0.5) is 0 Å². The quantitative estimate of drug-likeness (QED) is 0.896. The first-order valence-electron chi connectivity index (χ1n) is 6.45. The summed E-state index contributed by atoms with van der Waals surface area (Å²) in [6, 6.07) is 0. The molecule has 2 N–H and O–H groups in total. The Balaban J connectivity index is 2.06. The van der Waals surface area contributed by atoms with E-state index in [1.54, 1.807) is 11.3 Å². The average Bonchev–Trinajstić information content (AvgIpc) is 2.81. The monoisotopic (exact) mass is 253 g/mol. The van der Waals surface area contributed by atoms with Crippen LogP contribution in [0.1, 0.15) is 38.3 Å². The van der Waals surface area contributed by atoms with Gasteiger partial charge in [0.25, 0.3) is 0 Å². The summed E-state index contributed by atoms with van der Waals surface area (Å²) in [4.78, 5) is 6.80. The number of aromatic nitrogens is 1. The minimum atomic E-state index is 0.196. The van der Waals surface area contributed by atoms with Gasteiger partial charge < -0.3 is 5.73 Å². The molecule has 2 atom stereocenters. The molecule has 1 aromatic heterocycles. The first-order chi connectivity index (χ1) is 8.16. The number of thiazole rings is 1. The van der Waals surface area contributed by atoms with Crippen molar-refractivity contribution >= 4 is 11.3 Å². The van der Waals surface area contributed by atoms with Crippen molar-refractivity contribution in [2.45, 2.75) is 44.7 Å². The summed E-state index contributed by atoms with van der Waals surface area (Å²) in [5.41, 5.74) is 9.34. The van der Waals surface area contributed by atoms with Gasteiger partial charge in [0.1, 0.15) is 0 Å². The molecule has 1 aliphatic rings. The Morgan fingerprint density at radius 2 is 2.47 bits per heavy atom. The molecular weight excluding hydrogens is 230 g/mol. The highest BCUT2D eigenvalue weighted by Gasteiger charge is 2.37. The summed E-state index contributed by atoms with van der Waals surface area (Å²) in [5.74, 6) is 0.796. The van der Waals surface area contributed by atoms with Crippen LogP contribution < -0.4 is 5.73 Å². The molecule has 1 heterocycles. The van der Waals surface area contributed by atoms with Crippen LogP contribution in [-0.4, -0.2) is 29.0 Å². The number of nitrogens with zero attached hydrogens (tertiary/aromatic N) is 2. The van der Waals surface area contributed by atoms with E-state index in [1.165, 1.54) is 31.4 Å². The van der Waals surface area contributed by atoms with Crippen LogP contribution in [0.25, 0.3) is 0 Å². The third-order valence-electron chi connectivity index (χ3n) is 4.14. The molecule has 0 amide bonds. The fraction of sp³-hybridized carbons (Fsp3) is 0.769. The van der Waals surface area contributed by atoms with Crippen molar-refractivity contribution in [3.63, 3.8) is 0 Å². The highest BCUT2D eigenvalue weighted by atomic mass is 32.1. The molecule has 2 rings (SSSR count). The lowest BCUT2D eigenvalue weighted by atomic mass is 9.75. The molecular formula is C13H23N3S. The van der Waals surface area contributed by atoms with Crippen molar-refractivity contribution in [2.75, 3.05) is 13.6 Å². The summed E-state index contributed by atoms with van der Waals surface area (Å²) in [5, 5.41) is 2.13. The van der Waals surface area contributed by atoms with Gasteiger partial charge >= 0.3 is 0 Å². The van der Waals surface area contributed by atoms with Crippen LogP contribution in [0.5, 0.6) is 0 Å². The molecule has 0 saturated heterocycles. The van der Waals surface area contributed by atoms with E-state index in [9.17, 15) is 0 Å². The Kier molecular flexibility index (Phi) is 4.17. The van der Waals surface area contributed by atoms with E-state index in [2.05, 4.69) is 29.2 Å². The van der Waals surface area contributed by atoms with Gasteiger partial charge in [-0.15, -0.1) is 11.3 Å². The van der Waals surface area contributed by atoms with E-state index in [1.807, 2.05) is 5.51 Å². The molecule has 0 aliphatic heterocycles. The molecule has 3 nitrogen and oxygen atoms in total. The molecule has 17 heavy (non-hydrogen) atoms. The van der Waals surface area contributed by atoms with E-state index < -0.39 is 0 Å². The molecule has 0 radical (unpaired) electrons. The molecule has 0 aromatic carbocycles. The lowest BCUT2D eigenvalue weighted by molar-refractivity contribution is 0.0546. The van der Waals surface area contributed by atoms with Gasteiger partial charge in [-0.25, -0.2) is 4.98 Å². The van der Waals surface area contributed by atoms with E-state index in [0.29, 0.717) is 0 Å². The van der Waals surface area contributed by atoms with Crippen LogP contribution in [0.2, 0.25) is 0 Å². The standard InChI is InChI=1S/C13H23N3S/c1-11-4-3-5-13(6-11,9-14)16(2)7-12-8-17-10-15-12/h8,10-11H,3-7,9,14H2,1-2H3. The molecule has 1 saturated carbocycles. The van der Waals surface area contributed by atoms with E-state index in [-0.39, 0.29) is 5.54 Å². The van der Waals surface area contributed by atoms with Crippen molar-refractivity contribution in [3.05, 3.63) is 16.6 Å². The first kappa shape index (κ1) is 13.0. The van der Waals surface area contributed by atoms with Gasteiger partial charge in [-0.05, 0) is 25.8 Å². The molecule has 1 fully saturated rings. The van der Waals surface area contributed by atoms with Gasteiger partial charge in [0.2, 0.25) is 0 Å². The molecule has 0 spiro atoms. The Morgan fingerprint density at radius 1 is 1.65 bits per heavy atom. The molecule has 1 aliphatic carbocycles. The fourth-order valence-corrected chi connectivity index (χ4v) is 3.60. The summed E-state index contributed by atoms with van der Waals surface area (Å²) in [6.45, 7) is 4.03. The maximum atomic E-state index is 6.07. The van der Waals surface area contributed by atoms with Crippen LogP contribution in [0.15, 0.2) is 10.9 Å². The Morgan fingerprint density at radius 3 is 3.06 bits per heavy atom. The van der Waals surface area contributed by atoms with Crippen LogP contribution in [-0.2, 0) is 6.54 Å². The van der Waals surface area contributed by atoms with Crippen molar-refractivity contribution in [1.82, 2.24) is 9.88 Å². The highest BCUT2D eigenvalue weighted by molar-refractivity contribution is 7.07. The van der Waals surface area contributed by atoms with Gasteiger partial charge in [-0.3, -0.25) is 4.90 Å². The van der Waals surface area contributed by atoms with E-state index in [4.69, 9.17) is 5.73 Å². The molecule has 2 unspecified atom stereocenters. The minimum absolute atomic E-state index is 0.196. The van der Waals surface area contributed by atoms with E-state index in [0.717, 1.165) is 19.0 Å². The van der Waals surface area contributed by atoms with Crippen molar-refractivity contribution in [3.8, 4) is 0 Å². The van der Waals surface area contributed by atoms with Gasteiger partial charge in [-0.1, -0.05) is 19.8 Å². The zero-order valence-corrected chi connectivity index (χ0v) is 11.7. The summed E-state index contributed by atoms with van der Waals surface area (Å²) in [7, 11) is 2.20. The Bertz CT molecular complexity index is 338. The maximum Gasteiger partial charge on any atom is 0.0795 e. The predicted octanol–water partition coefficient (Wildman–Crippen LogP) is 2.48. The Labute approximate surface area is 108 Å². The lowest BCUT2D eigenvalue weighted by Gasteiger charge is -2.46. The van der Waals surface area contributed by atoms with Crippen molar-refractivity contribution in [2.24, 2.45) is 11.7 Å². The predicted molar refractivity (Wildman–Crippen MR) is 73.0 cm³/mol. The maximum absolute atomic E-state index is 6.07. The van der Waals surface area contributed by atoms with Crippen molar-refractivity contribution < 1.29 is 0 Å². The zero-order valence-electron chi connectivity index (χ0n) is 10.9. The Hall–Kier alpha value is -0.450. The van der Waals surface area contributed by atoms with Crippen LogP contribution in [0, 0.1) is 5.92 Å². The molecule has 96 valence electrons. The zero-order chi connectivity index (χ0) is 12.3. The SMILES string of the molecule is CC1CCCC(CN)(N(C)Cc2cscn2)C1. The molecule has 0 bridgehead atoms. The first-order valence-corrected chi connectivity index (χ1v) is 7.39. The number of likely N-dealkylation sites (N-methyl/N-ethyl adjacent to an activating group) is 1. The summed E-state index contributed by atoms with van der Waals surface area (Å²) >= 11 is 1.67. The average molecular weight is 253 g/mol. The minimum Gasteiger partial charge on any atom is -0.329 e. The van der Waals surface area contributed by atoms with Gasteiger partial charge in [-0.2, -0.15) is 0 Å². The van der Waals surface area contributed by atoms with E-state index >= 15 is 0 Å². The van der Waals surface area contributed by atoms with Crippen molar-refractivity contribution in [1.29, 1.82) is 0 Å². The summed E-state index contributed by atoms with van der Waals surface area (Å²) in [6.07, 6.45) is 5.12. The second kappa shape index (κ2) is 5.46. The smallest absolute Gasteiger partial charge is 0.0795 e. The second-order valence-corrected chi connectivity index (χ2v) is 6.18. The highest BCUT2D eigenvalue weighted by Crippen LogP contribution is 2.36. The lowest BCUT2D eigenvalue weighted by Crippen LogP contribution is -2.54. The van der Waals surface area contributed by atoms with Crippen LogP contribution in [0.3, 0.4) is 0 Å². The number of nitrogens with two attached hydrogens (primary N) is 1. The fourth-order valence-electron chi connectivity index (χ4n) is 3.05. The number of hydrogen-bond acceptors (Lipinski definition) is 4. The topological polar surface area (TPSA) is 42.1 Å². The third kappa shape index (κ3) is 2.87. The third-order valence-corrected chi connectivity index (χ3v) is 4.78. The van der Waals surface area contributed by atoms with Gasteiger partial charge in [0.05, 0.1) is 11.2 Å². The van der Waals surface area contributed by atoms with Gasteiger partial charge in [0, 0.05) is 24.0 Å². The van der Waals surface area contributed by atoms with Gasteiger partial charge in [0.15, 0.2) is 0 Å². The molecule has 4 heteroatoms. The largest absolute Gasteiger partial charge is 0.329 e. The molecule has 1 aromatic rings. The number of rotatable bonds is 4. The second-order valence-electron chi connectivity index (χ2n) is 5.47. The number of hydrogen-bond donors (Lipinski definition) is 1.